The van der Waals surface area contributed by atoms with Gasteiger partial charge in [-0.3, -0.25) is 10.1 Å². The molecular formula is C10H10ClF2NO2. The Hall–Kier alpha value is -1.20. The van der Waals surface area contributed by atoms with E-state index in [1.165, 1.54) is 6.07 Å². The average molecular weight is 250 g/mol. The highest BCUT2D eigenvalue weighted by atomic mass is 35.5. The third-order valence-corrected chi connectivity index (χ3v) is 2.50. The van der Waals surface area contributed by atoms with Crippen molar-refractivity contribution in [3.8, 4) is 0 Å². The van der Waals surface area contributed by atoms with Crippen LogP contribution in [0.25, 0.3) is 0 Å². The number of benzene rings is 1. The van der Waals surface area contributed by atoms with Crippen LogP contribution in [0.5, 0.6) is 0 Å². The quantitative estimate of drug-likeness (QED) is 0.793. The van der Waals surface area contributed by atoms with E-state index >= 15 is 0 Å². The van der Waals surface area contributed by atoms with Crippen molar-refractivity contribution >= 4 is 18.4 Å². The summed E-state index contributed by atoms with van der Waals surface area (Å²) >= 11 is 0. The van der Waals surface area contributed by atoms with Crippen molar-refractivity contribution in [3.63, 3.8) is 0 Å². The van der Waals surface area contributed by atoms with Crippen LogP contribution in [0.4, 0.5) is 8.78 Å². The van der Waals surface area contributed by atoms with Crippen LogP contribution in [0, 0.1) is 11.6 Å². The van der Waals surface area contributed by atoms with Gasteiger partial charge in [-0.25, -0.2) is 8.78 Å². The Morgan fingerprint density at radius 3 is 2.75 bits per heavy atom. The van der Waals surface area contributed by atoms with Gasteiger partial charge in [0, 0.05) is 18.2 Å². The van der Waals surface area contributed by atoms with Gasteiger partial charge in [-0.05, 0) is 18.1 Å². The van der Waals surface area contributed by atoms with Crippen LogP contribution >= 0.6 is 12.4 Å². The van der Waals surface area contributed by atoms with E-state index in [1.54, 1.807) is 0 Å². The molecule has 0 aromatic heterocycles. The third-order valence-electron chi connectivity index (χ3n) is 2.50. The van der Waals surface area contributed by atoms with Gasteiger partial charge in [-0.2, -0.15) is 0 Å². The van der Waals surface area contributed by atoms with Crippen molar-refractivity contribution in [2.24, 2.45) is 0 Å². The summed E-state index contributed by atoms with van der Waals surface area (Å²) in [7, 11) is 0. The smallest absolute Gasteiger partial charge is 0.321 e. The highest BCUT2D eigenvalue weighted by Crippen LogP contribution is 2.21. The summed E-state index contributed by atoms with van der Waals surface area (Å²) in [5.74, 6) is -2.30. The Balaban J connectivity index is 0.00000128. The van der Waals surface area contributed by atoms with Crippen LogP contribution in [-0.2, 0) is 17.8 Å². The lowest BCUT2D eigenvalue weighted by Gasteiger charge is -2.23. The Morgan fingerprint density at radius 2 is 2.12 bits per heavy atom. The zero-order valence-corrected chi connectivity index (χ0v) is 8.98. The van der Waals surface area contributed by atoms with E-state index in [0.29, 0.717) is 11.1 Å². The van der Waals surface area contributed by atoms with E-state index in [4.69, 9.17) is 5.11 Å². The molecule has 1 aromatic carbocycles. The standard InChI is InChI=1S/C10H9F2NO2.ClH/c11-6-1-5-2-9(10(14)15)13-4-7(5)8(12)3-6;/h1,3,9,13H,2,4H2,(H,14,15);1H/t9-;/m1./s1. The van der Waals surface area contributed by atoms with Crippen LogP contribution in [0.3, 0.4) is 0 Å². The number of carboxylic acid groups (broad SMARTS) is 1. The van der Waals surface area contributed by atoms with Gasteiger partial charge < -0.3 is 5.11 Å². The van der Waals surface area contributed by atoms with E-state index in [-0.39, 0.29) is 25.4 Å². The zero-order valence-electron chi connectivity index (χ0n) is 8.17. The van der Waals surface area contributed by atoms with Gasteiger partial charge in [-0.15, -0.1) is 12.4 Å². The summed E-state index contributed by atoms with van der Waals surface area (Å²) in [5.41, 5.74) is 0.785. The molecule has 1 atom stereocenters. The molecule has 0 radical (unpaired) electrons. The fraction of sp³-hybridized carbons (Fsp3) is 0.300. The summed E-state index contributed by atoms with van der Waals surface area (Å²) in [4.78, 5) is 10.7. The minimum Gasteiger partial charge on any atom is -0.480 e. The molecule has 1 aliphatic heterocycles. The summed E-state index contributed by atoms with van der Waals surface area (Å²) in [5, 5.41) is 11.4. The van der Waals surface area contributed by atoms with E-state index < -0.39 is 23.6 Å². The SMILES string of the molecule is Cl.O=C(O)[C@H]1Cc2cc(F)cc(F)c2CN1. The number of hydrogen-bond donors (Lipinski definition) is 2. The molecular weight excluding hydrogens is 240 g/mol. The number of carboxylic acids is 1. The molecule has 16 heavy (non-hydrogen) atoms. The van der Waals surface area contributed by atoms with Crippen molar-refractivity contribution in [1.29, 1.82) is 0 Å². The Bertz CT molecular complexity index is 426. The number of nitrogens with one attached hydrogen (secondary N) is 1. The normalized spacial score (nSPS) is 18.5. The lowest BCUT2D eigenvalue weighted by atomic mass is 9.95. The second-order valence-corrected chi connectivity index (χ2v) is 3.50. The van der Waals surface area contributed by atoms with Crippen LogP contribution in [0.1, 0.15) is 11.1 Å². The molecule has 2 rings (SSSR count). The van der Waals surface area contributed by atoms with Crippen molar-refractivity contribution in [1.82, 2.24) is 5.32 Å². The van der Waals surface area contributed by atoms with Gasteiger partial charge in [0.05, 0.1) is 0 Å². The first-order chi connectivity index (χ1) is 7.08. The zero-order chi connectivity index (χ0) is 11.0. The first-order valence-corrected chi connectivity index (χ1v) is 4.51. The van der Waals surface area contributed by atoms with Crippen molar-refractivity contribution in [3.05, 3.63) is 34.9 Å². The molecule has 0 unspecified atom stereocenters. The largest absolute Gasteiger partial charge is 0.480 e. The van der Waals surface area contributed by atoms with Gasteiger partial charge in [0.25, 0.3) is 0 Å². The molecule has 0 spiro atoms. The monoisotopic (exact) mass is 249 g/mol. The number of halogens is 3. The van der Waals surface area contributed by atoms with Crippen LogP contribution in [0.15, 0.2) is 12.1 Å². The Morgan fingerprint density at radius 1 is 1.44 bits per heavy atom. The molecule has 88 valence electrons. The van der Waals surface area contributed by atoms with Crippen LogP contribution in [-0.4, -0.2) is 17.1 Å². The number of fused-ring (bicyclic) bond motifs is 1. The third kappa shape index (κ3) is 2.31. The molecule has 0 saturated heterocycles. The summed E-state index contributed by atoms with van der Waals surface area (Å²) in [6.07, 6.45) is 0.110. The summed E-state index contributed by atoms with van der Waals surface area (Å²) in [6.45, 7) is 0.123. The maximum atomic E-state index is 13.2. The van der Waals surface area contributed by atoms with E-state index in [9.17, 15) is 13.6 Å². The molecule has 1 heterocycles. The molecule has 0 aliphatic carbocycles. The second-order valence-electron chi connectivity index (χ2n) is 3.50. The summed E-state index contributed by atoms with van der Waals surface area (Å²) < 4.78 is 26.1. The molecule has 3 nitrogen and oxygen atoms in total. The highest BCUT2D eigenvalue weighted by molar-refractivity contribution is 5.85. The number of rotatable bonds is 1. The Kier molecular flexibility index (Phi) is 3.83. The molecule has 0 saturated carbocycles. The predicted octanol–water partition coefficient (Wildman–Crippen LogP) is 1.49. The van der Waals surface area contributed by atoms with Gasteiger partial charge in [-0.1, -0.05) is 0 Å². The first kappa shape index (κ1) is 12.9. The number of aliphatic carboxylic acids is 1. The average Bonchev–Trinajstić information content (AvgIpc) is 2.16. The van der Waals surface area contributed by atoms with Crippen LogP contribution in [0.2, 0.25) is 0 Å². The molecule has 6 heteroatoms. The van der Waals surface area contributed by atoms with Gasteiger partial charge in [0.2, 0.25) is 0 Å². The lowest BCUT2D eigenvalue weighted by Crippen LogP contribution is -2.42. The molecule has 1 aromatic rings. The minimum atomic E-state index is -1.01. The van der Waals surface area contributed by atoms with Gasteiger partial charge in [0.1, 0.15) is 17.7 Å². The van der Waals surface area contributed by atoms with Crippen LogP contribution < -0.4 is 5.32 Å². The predicted molar refractivity (Wildman–Crippen MR) is 55.6 cm³/mol. The fourth-order valence-corrected chi connectivity index (χ4v) is 1.73. The van der Waals surface area contributed by atoms with Crippen molar-refractivity contribution < 1.29 is 18.7 Å². The maximum Gasteiger partial charge on any atom is 0.321 e. The fourth-order valence-electron chi connectivity index (χ4n) is 1.73. The second kappa shape index (κ2) is 4.76. The molecule has 2 N–H and O–H groups in total. The molecule has 0 bridgehead atoms. The van der Waals surface area contributed by atoms with Crippen molar-refractivity contribution in [2.75, 3.05) is 0 Å². The number of hydrogen-bond acceptors (Lipinski definition) is 2. The molecule has 0 fully saturated rings. The first-order valence-electron chi connectivity index (χ1n) is 4.51. The maximum absolute atomic E-state index is 13.2. The highest BCUT2D eigenvalue weighted by Gasteiger charge is 2.25. The Labute approximate surface area is 96.9 Å². The number of carbonyl (C=O) groups is 1. The van der Waals surface area contributed by atoms with E-state index in [1.807, 2.05) is 0 Å². The van der Waals surface area contributed by atoms with E-state index in [2.05, 4.69) is 5.32 Å². The van der Waals surface area contributed by atoms with E-state index in [0.717, 1.165) is 6.07 Å². The molecule has 0 amide bonds. The lowest BCUT2D eigenvalue weighted by molar-refractivity contribution is -0.139. The topological polar surface area (TPSA) is 49.3 Å². The van der Waals surface area contributed by atoms with Crippen molar-refractivity contribution in [2.45, 2.75) is 19.0 Å². The van der Waals surface area contributed by atoms with Gasteiger partial charge in [0.15, 0.2) is 0 Å². The minimum absolute atomic E-state index is 0. The molecule has 1 aliphatic rings. The summed E-state index contributed by atoms with van der Waals surface area (Å²) in [6, 6.07) is 1.23. The van der Waals surface area contributed by atoms with Gasteiger partial charge >= 0.3 is 5.97 Å².